The molecule has 2 bridgehead atoms. The van der Waals surface area contributed by atoms with E-state index >= 15 is 0 Å². The molecule has 9 heteroatoms. The molecule has 4 atom stereocenters. The fourth-order valence-electron chi connectivity index (χ4n) is 5.69. The van der Waals surface area contributed by atoms with Crippen LogP contribution in [0, 0.1) is 18.8 Å². The van der Waals surface area contributed by atoms with Gasteiger partial charge in [-0.25, -0.2) is 14.5 Å². The van der Waals surface area contributed by atoms with Crippen LogP contribution in [0.1, 0.15) is 48.7 Å². The van der Waals surface area contributed by atoms with Gasteiger partial charge in [0.15, 0.2) is 17.3 Å². The Balaban J connectivity index is 0.000000336. The number of H-pyrrole nitrogens is 1. The van der Waals surface area contributed by atoms with Gasteiger partial charge in [-0.3, -0.25) is 5.10 Å². The van der Waals surface area contributed by atoms with E-state index in [1.165, 1.54) is 6.42 Å². The zero-order valence-corrected chi connectivity index (χ0v) is 20.1. The molecule has 9 nitrogen and oxygen atoms in total. The van der Waals surface area contributed by atoms with Gasteiger partial charge in [0.05, 0.1) is 31.0 Å². The van der Waals surface area contributed by atoms with Crippen LogP contribution >= 0.6 is 0 Å². The first-order valence-electron chi connectivity index (χ1n) is 12.4. The first-order chi connectivity index (χ1) is 17.1. The van der Waals surface area contributed by atoms with Gasteiger partial charge in [-0.05, 0) is 37.7 Å². The summed E-state index contributed by atoms with van der Waals surface area (Å²) in [7, 11) is 0. The second-order valence-electron chi connectivity index (χ2n) is 10.0. The maximum Gasteiger partial charge on any atom is 0.184 e. The summed E-state index contributed by atoms with van der Waals surface area (Å²) in [4.78, 5) is 11.7. The summed E-state index contributed by atoms with van der Waals surface area (Å²) < 4.78 is 8.03. The van der Waals surface area contributed by atoms with E-state index in [-0.39, 0.29) is 12.5 Å². The Labute approximate surface area is 204 Å². The van der Waals surface area contributed by atoms with Crippen molar-refractivity contribution in [2.24, 2.45) is 11.8 Å². The molecule has 1 aromatic carbocycles. The van der Waals surface area contributed by atoms with Gasteiger partial charge < -0.3 is 14.7 Å². The molecule has 4 unspecified atom stereocenters. The topological polar surface area (TPSA) is 104 Å². The number of nitrogens with zero attached hydrogens (tertiary/aromatic N) is 6. The molecular formula is C26H31N7O2. The van der Waals surface area contributed by atoms with Gasteiger partial charge in [0.1, 0.15) is 11.4 Å². The minimum absolute atomic E-state index is 0.0705. The van der Waals surface area contributed by atoms with Crippen molar-refractivity contribution in [2.45, 2.75) is 44.8 Å². The molecule has 1 aliphatic carbocycles. The lowest BCUT2D eigenvalue weighted by Crippen LogP contribution is -2.44. The number of benzene rings is 1. The summed E-state index contributed by atoms with van der Waals surface area (Å²) in [6, 6.07) is 14.0. The van der Waals surface area contributed by atoms with E-state index in [9.17, 15) is 5.11 Å². The number of anilines is 1. The van der Waals surface area contributed by atoms with E-state index in [0.717, 1.165) is 42.4 Å². The molecule has 0 spiro atoms. The Morgan fingerprint density at radius 3 is 2.54 bits per heavy atom. The van der Waals surface area contributed by atoms with E-state index in [2.05, 4.69) is 27.0 Å². The van der Waals surface area contributed by atoms with E-state index in [0.29, 0.717) is 29.9 Å². The van der Waals surface area contributed by atoms with Gasteiger partial charge in [0, 0.05) is 18.7 Å². The maximum atomic E-state index is 9.98. The molecule has 0 radical (unpaired) electrons. The lowest BCUT2D eigenvalue weighted by molar-refractivity contribution is -0.0345. The molecule has 35 heavy (non-hydrogen) atoms. The first kappa shape index (κ1) is 22.2. The van der Waals surface area contributed by atoms with E-state index < -0.39 is 5.60 Å². The van der Waals surface area contributed by atoms with Crippen molar-refractivity contribution in [1.29, 1.82) is 0 Å². The SMILES string of the molecule is Cc1nc(C2C3COC2(c2nc4c(CO)cc(N5CCC(C)C5)cn4n2)C3)n[nH]1.c1ccccc1. The van der Waals surface area contributed by atoms with E-state index in [1.54, 1.807) is 0 Å². The Morgan fingerprint density at radius 1 is 1.17 bits per heavy atom. The molecule has 6 heterocycles. The predicted molar refractivity (Wildman–Crippen MR) is 131 cm³/mol. The number of rotatable bonds is 4. The van der Waals surface area contributed by atoms with Crippen LogP contribution in [0.15, 0.2) is 48.7 Å². The van der Waals surface area contributed by atoms with Gasteiger partial charge in [0.2, 0.25) is 0 Å². The minimum Gasteiger partial charge on any atom is -0.392 e. The largest absolute Gasteiger partial charge is 0.392 e. The lowest BCUT2D eigenvalue weighted by Gasteiger charge is -2.41. The molecule has 0 amide bonds. The fourth-order valence-corrected chi connectivity index (χ4v) is 5.69. The van der Waals surface area contributed by atoms with Crippen LogP contribution < -0.4 is 4.90 Å². The molecule has 4 fully saturated rings. The van der Waals surface area contributed by atoms with Gasteiger partial charge in [-0.15, -0.1) is 5.10 Å². The standard InChI is InChI=1S/C20H25N7O2.C6H6/c1-11-3-4-26(7-11)15-5-13(9-28)18-22-19(25-27(18)8-15)20-6-14(10-29-20)16(20)17-21-12(2)23-24-17;1-2-4-6-5-3-1/h5,8,11,14,16,28H,3-4,6-7,9-10H2,1-2H3,(H,21,23,24);1-6H. The predicted octanol–water partition coefficient (Wildman–Crippen LogP) is 3.21. The Bertz CT molecular complexity index is 1290. The van der Waals surface area contributed by atoms with Crippen LogP contribution in [0.3, 0.4) is 0 Å². The Morgan fingerprint density at radius 2 is 1.94 bits per heavy atom. The molecule has 2 N–H and O–H groups in total. The number of hydrogen-bond acceptors (Lipinski definition) is 7. The third-order valence-corrected chi connectivity index (χ3v) is 7.49. The molecule has 8 rings (SSSR count). The number of aliphatic hydroxyl groups excluding tert-OH is 1. The summed E-state index contributed by atoms with van der Waals surface area (Å²) in [5.41, 5.74) is 1.99. The number of aryl methyl sites for hydroxylation is 1. The van der Waals surface area contributed by atoms with Crippen LogP contribution in [0.4, 0.5) is 5.69 Å². The molecular weight excluding hydrogens is 442 g/mol. The van der Waals surface area contributed by atoms with Crippen molar-refractivity contribution < 1.29 is 9.84 Å². The molecule has 4 aliphatic rings. The van der Waals surface area contributed by atoms with Crippen LogP contribution in [0.25, 0.3) is 5.65 Å². The zero-order chi connectivity index (χ0) is 24.0. The molecule has 4 aromatic rings. The molecule has 1 saturated carbocycles. The summed E-state index contributed by atoms with van der Waals surface area (Å²) in [6.45, 7) is 6.84. The average Bonchev–Trinajstić information content (AvgIpc) is 3.68. The normalized spacial score (nSPS) is 27.1. The third-order valence-electron chi connectivity index (χ3n) is 7.49. The van der Waals surface area contributed by atoms with Crippen molar-refractivity contribution in [1.82, 2.24) is 29.8 Å². The fraction of sp³-hybridized carbons (Fsp3) is 0.462. The highest BCUT2D eigenvalue weighted by Crippen LogP contribution is 2.63. The van der Waals surface area contributed by atoms with E-state index in [4.69, 9.17) is 14.8 Å². The lowest BCUT2D eigenvalue weighted by atomic mass is 9.63. The number of fused-ring (bicyclic) bond motifs is 2. The van der Waals surface area contributed by atoms with Crippen LogP contribution in [-0.2, 0) is 16.9 Å². The number of hydrogen-bond donors (Lipinski definition) is 2. The van der Waals surface area contributed by atoms with Crippen molar-refractivity contribution in [2.75, 3.05) is 24.6 Å². The minimum atomic E-state index is -0.569. The highest BCUT2D eigenvalue weighted by Gasteiger charge is 2.66. The number of pyridine rings is 1. The second-order valence-corrected chi connectivity index (χ2v) is 10.0. The molecule has 3 aromatic heterocycles. The van der Waals surface area contributed by atoms with Gasteiger partial charge in [-0.1, -0.05) is 43.3 Å². The number of ether oxygens (including phenoxy) is 1. The van der Waals surface area contributed by atoms with E-state index in [1.807, 2.05) is 60.1 Å². The zero-order valence-electron chi connectivity index (χ0n) is 20.1. The highest BCUT2D eigenvalue weighted by atomic mass is 16.5. The number of aliphatic hydroxyl groups is 1. The van der Waals surface area contributed by atoms with Crippen LogP contribution in [0.5, 0.6) is 0 Å². The monoisotopic (exact) mass is 473 g/mol. The van der Waals surface area contributed by atoms with Crippen molar-refractivity contribution in [3.63, 3.8) is 0 Å². The number of nitrogens with one attached hydrogen (secondary N) is 1. The van der Waals surface area contributed by atoms with Gasteiger partial charge in [0.25, 0.3) is 0 Å². The molecule has 182 valence electrons. The summed E-state index contributed by atoms with van der Waals surface area (Å²) in [6.07, 6.45) is 4.09. The molecule has 3 aliphatic heterocycles. The summed E-state index contributed by atoms with van der Waals surface area (Å²) in [5, 5.41) is 22.1. The smallest absolute Gasteiger partial charge is 0.184 e. The highest BCUT2D eigenvalue weighted by molar-refractivity contribution is 5.58. The maximum absolute atomic E-state index is 9.98. The quantitative estimate of drug-likeness (QED) is 0.469. The number of aromatic amines is 1. The molecule has 3 saturated heterocycles. The summed E-state index contributed by atoms with van der Waals surface area (Å²) in [5.74, 6) is 3.40. The third kappa shape index (κ3) is 3.79. The van der Waals surface area contributed by atoms with Crippen molar-refractivity contribution >= 4 is 11.3 Å². The van der Waals surface area contributed by atoms with Crippen molar-refractivity contribution in [3.8, 4) is 0 Å². The Hall–Kier alpha value is -3.30. The van der Waals surface area contributed by atoms with Gasteiger partial charge in [-0.2, -0.15) is 5.10 Å². The first-order valence-corrected chi connectivity index (χ1v) is 12.4. The second kappa shape index (κ2) is 8.73. The van der Waals surface area contributed by atoms with Gasteiger partial charge >= 0.3 is 0 Å². The van der Waals surface area contributed by atoms with Crippen LogP contribution in [0.2, 0.25) is 0 Å². The van der Waals surface area contributed by atoms with Crippen molar-refractivity contribution in [3.05, 3.63) is 71.7 Å². The Kier molecular flexibility index (Phi) is 5.53. The number of aromatic nitrogens is 6. The summed E-state index contributed by atoms with van der Waals surface area (Å²) >= 11 is 0. The average molecular weight is 474 g/mol. The van der Waals surface area contributed by atoms with Crippen LogP contribution in [-0.4, -0.2) is 54.6 Å².